The number of amides is 1. The van der Waals surface area contributed by atoms with E-state index in [0.717, 1.165) is 57.4 Å². The molecule has 0 bridgehead atoms. The second-order valence-electron chi connectivity index (χ2n) is 6.90. The van der Waals surface area contributed by atoms with Gasteiger partial charge in [-0.3, -0.25) is 14.6 Å². The Labute approximate surface area is 162 Å². The molecule has 2 fully saturated rings. The van der Waals surface area contributed by atoms with E-state index in [0.29, 0.717) is 18.3 Å². The molecule has 4 heterocycles. The first-order valence-corrected chi connectivity index (χ1v) is 10.3. The molecular weight excluding hydrogens is 366 g/mol. The minimum atomic E-state index is 0.0442. The predicted molar refractivity (Wildman–Crippen MR) is 101 cm³/mol. The summed E-state index contributed by atoms with van der Waals surface area (Å²) in [6.07, 6.45) is 0. The van der Waals surface area contributed by atoms with Gasteiger partial charge in [-0.15, -0.1) is 21.5 Å². The van der Waals surface area contributed by atoms with Gasteiger partial charge in [0, 0.05) is 39.3 Å². The molecule has 27 heavy (non-hydrogen) atoms. The fourth-order valence-corrected chi connectivity index (χ4v) is 4.11. The van der Waals surface area contributed by atoms with Crippen molar-refractivity contribution in [3.63, 3.8) is 0 Å². The summed E-state index contributed by atoms with van der Waals surface area (Å²) in [4.78, 5) is 19.9. The third kappa shape index (κ3) is 4.37. The molecule has 1 amide bonds. The van der Waals surface area contributed by atoms with Gasteiger partial charge >= 0.3 is 0 Å². The number of ether oxygens (including phenoxy) is 1. The van der Waals surface area contributed by atoms with Crippen LogP contribution < -0.4 is 0 Å². The zero-order valence-corrected chi connectivity index (χ0v) is 16.4. The number of morpholine rings is 1. The summed E-state index contributed by atoms with van der Waals surface area (Å²) in [6, 6.07) is 3.99. The lowest BCUT2D eigenvalue weighted by molar-refractivity contribution is -0.135. The van der Waals surface area contributed by atoms with Crippen LogP contribution in [0.15, 0.2) is 21.9 Å². The van der Waals surface area contributed by atoms with Gasteiger partial charge in [0.1, 0.15) is 0 Å². The van der Waals surface area contributed by atoms with Crippen molar-refractivity contribution in [3.05, 3.63) is 23.4 Å². The van der Waals surface area contributed by atoms with Crippen LogP contribution >= 0.6 is 11.3 Å². The van der Waals surface area contributed by atoms with Crippen molar-refractivity contribution in [3.8, 4) is 10.8 Å². The average Bonchev–Trinajstić information content (AvgIpc) is 3.40. The maximum Gasteiger partial charge on any atom is 0.257 e. The minimum Gasteiger partial charge on any atom is -0.418 e. The molecule has 2 aromatic heterocycles. The maximum atomic E-state index is 12.5. The summed E-state index contributed by atoms with van der Waals surface area (Å²) >= 11 is 1.59. The molecule has 9 heteroatoms. The highest BCUT2D eigenvalue weighted by Gasteiger charge is 2.28. The number of carbonyl (C=O) groups excluding carboxylic acids is 1. The van der Waals surface area contributed by atoms with Gasteiger partial charge in [0.25, 0.3) is 5.89 Å². The number of thiophene rings is 1. The molecule has 2 saturated heterocycles. The van der Waals surface area contributed by atoms with Crippen molar-refractivity contribution in [2.75, 3.05) is 59.0 Å². The van der Waals surface area contributed by atoms with E-state index in [2.05, 4.69) is 26.9 Å². The number of rotatable bonds is 5. The smallest absolute Gasteiger partial charge is 0.257 e. The van der Waals surface area contributed by atoms with Gasteiger partial charge < -0.3 is 14.1 Å². The van der Waals surface area contributed by atoms with Crippen LogP contribution in [-0.4, -0.2) is 89.8 Å². The summed E-state index contributed by atoms with van der Waals surface area (Å²) in [5.41, 5.74) is 0. The molecule has 0 radical (unpaired) electrons. The Morgan fingerprint density at radius 1 is 1.19 bits per heavy atom. The Hall–Kier alpha value is -1.81. The van der Waals surface area contributed by atoms with Crippen molar-refractivity contribution in [2.45, 2.75) is 13.0 Å². The second kappa shape index (κ2) is 8.47. The van der Waals surface area contributed by atoms with Crippen LogP contribution in [0.1, 0.15) is 18.9 Å². The fourth-order valence-electron chi connectivity index (χ4n) is 3.47. The van der Waals surface area contributed by atoms with E-state index in [1.54, 1.807) is 11.3 Å². The second-order valence-corrected chi connectivity index (χ2v) is 7.85. The molecule has 0 spiro atoms. The first kappa shape index (κ1) is 18.5. The van der Waals surface area contributed by atoms with Gasteiger partial charge in [0.2, 0.25) is 11.8 Å². The number of carbonyl (C=O) groups is 1. The van der Waals surface area contributed by atoms with Gasteiger partial charge in [-0.1, -0.05) is 6.07 Å². The van der Waals surface area contributed by atoms with Crippen LogP contribution in [0, 0.1) is 0 Å². The maximum absolute atomic E-state index is 12.5. The highest BCUT2D eigenvalue weighted by Crippen LogP contribution is 2.27. The summed E-state index contributed by atoms with van der Waals surface area (Å²) in [5.74, 6) is 1.42. The Balaban J connectivity index is 1.29. The topological polar surface area (TPSA) is 74.9 Å². The van der Waals surface area contributed by atoms with Gasteiger partial charge in [-0.25, -0.2) is 0 Å². The zero-order valence-electron chi connectivity index (χ0n) is 15.5. The Morgan fingerprint density at radius 3 is 2.67 bits per heavy atom. The van der Waals surface area contributed by atoms with E-state index in [4.69, 9.17) is 9.15 Å². The molecule has 2 aromatic rings. The molecule has 146 valence electrons. The van der Waals surface area contributed by atoms with Crippen molar-refractivity contribution >= 4 is 17.2 Å². The SMILES string of the molecule is CC(c1nnc(-c2cccs2)o1)N1CCN(C(=O)CN2CCOCC2)CC1. The highest BCUT2D eigenvalue weighted by atomic mass is 32.1. The standard InChI is InChI=1S/C18H25N5O3S/c1-14(17-19-20-18(26-17)15-3-2-12-27-15)22-4-6-23(7-5-22)16(24)13-21-8-10-25-11-9-21/h2-3,12,14H,4-11,13H2,1H3. The number of nitrogens with zero attached hydrogens (tertiary/aromatic N) is 5. The lowest BCUT2D eigenvalue weighted by atomic mass is 10.2. The van der Waals surface area contributed by atoms with E-state index >= 15 is 0 Å². The van der Waals surface area contributed by atoms with E-state index in [9.17, 15) is 4.79 Å². The number of piperazine rings is 1. The average molecular weight is 391 g/mol. The molecule has 2 aliphatic rings. The van der Waals surface area contributed by atoms with Crippen LogP contribution in [0.2, 0.25) is 0 Å². The van der Waals surface area contributed by atoms with E-state index in [1.807, 2.05) is 22.4 Å². The molecule has 0 aromatic carbocycles. The summed E-state index contributed by atoms with van der Waals surface area (Å²) in [7, 11) is 0. The van der Waals surface area contributed by atoms with E-state index in [1.165, 1.54) is 0 Å². The molecule has 4 rings (SSSR count). The predicted octanol–water partition coefficient (Wildman–Crippen LogP) is 1.34. The minimum absolute atomic E-state index is 0.0442. The van der Waals surface area contributed by atoms with Crippen molar-refractivity contribution < 1.29 is 13.9 Å². The van der Waals surface area contributed by atoms with Gasteiger partial charge in [-0.2, -0.15) is 0 Å². The Bertz CT molecular complexity index is 736. The third-order valence-electron chi connectivity index (χ3n) is 5.21. The molecular formula is C18H25N5O3S. The molecule has 2 aliphatic heterocycles. The lowest BCUT2D eigenvalue weighted by Crippen LogP contribution is -2.52. The van der Waals surface area contributed by atoms with Crippen LogP contribution in [0.4, 0.5) is 0 Å². The number of aromatic nitrogens is 2. The monoisotopic (exact) mass is 391 g/mol. The molecule has 0 N–H and O–H groups in total. The summed E-state index contributed by atoms with van der Waals surface area (Å²) in [5, 5.41) is 10.4. The van der Waals surface area contributed by atoms with Crippen molar-refractivity contribution in [1.29, 1.82) is 0 Å². The van der Waals surface area contributed by atoms with Gasteiger partial charge in [0.05, 0.1) is 30.7 Å². The normalized spacial score (nSPS) is 20.7. The number of hydrogen-bond donors (Lipinski definition) is 0. The first-order chi connectivity index (χ1) is 13.2. The Morgan fingerprint density at radius 2 is 1.96 bits per heavy atom. The molecule has 1 unspecified atom stereocenters. The van der Waals surface area contributed by atoms with E-state index in [-0.39, 0.29) is 11.9 Å². The van der Waals surface area contributed by atoms with Gasteiger partial charge in [0.15, 0.2) is 0 Å². The highest BCUT2D eigenvalue weighted by molar-refractivity contribution is 7.13. The van der Waals surface area contributed by atoms with Crippen molar-refractivity contribution in [2.24, 2.45) is 0 Å². The Kier molecular flexibility index (Phi) is 5.82. The fraction of sp³-hybridized carbons (Fsp3) is 0.611. The van der Waals surface area contributed by atoms with Crippen LogP contribution in [0.3, 0.4) is 0 Å². The number of hydrogen-bond acceptors (Lipinski definition) is 8. The molecule has 0 saturated carbocycles. The summed E-state index contributed by atoms with van der Waals surface area (Å²) < 4.78 is 11.2. The third-order valence-corrected chi connectivity index (χ3v) is 6.07. The molecule has 8 nitrogen and oxygen atoms in total. The van der Waals surface area contributed by atoms with Crippen LogP contribution in [0.5, 0.6) is 0 Å². The molecule has 0 aliphatic carbocycles. The van der Waals surface area contributed by atoms with E-state index < -0.39 is 0 Å². The first-order valence-electron chi connectivity index (χ1n) is 9.40. The lowest BCUT2D eigenvalue weighted by Gasteiger charge is -2.38. The van der Waals surface area contributed by atoms with Crippen LogP contribution in [0.25, 0.3) is 10.8 Å². The quantitative estimate of drug-likeness (QED) is 0.761. The van der Waals surface area contributed by atoms with Crippen molar-refractivity contribution in [1.82, 2.24) is 24.9 Å². The molecule has 1 atom stereocenters. The zero-order chi connectivity index (χ0) is 18.6. The largest absolute Gasteiger partial charge is 0.418 e. The van der Waals surface area contributed by atoms with Crippen LogP contribution in [-0.2, 0) is 9.53 Å². The summed E-state index contributed by atoms with van der Waals surface area (Å²) in [6.45, 7) is 8.79. The van der Waals surface area contributed by atoms with Gasteiger partial charge in [-0.05, 0) is 18.4 Å².